The molecular formula is C17H13FN2O2S. The molecule has 4 nitrogen and oxygen atoms in total. The molecule has 1 heterocycles. The van der Waals surface area contributed by atoms with Gasteiger partial charge in [0.15, 0.2) is 4.91 Å². The van der Waals surface area contributed by atoms with E-state index in [0.717, 1.165) is 23.7 Å². The molecule has 0 fully saturated rings. The second-order valence-corrected chi connectivity index (χ2v) is 6.90. The first-order valence-corrected chi connectivity index (χ1v) is 8.51. The molecule has 0 bridgehead atoms. The standard InChI is InChI=1S/C17H13FN2O2S/c1-2-12-6-3-4-8-15(12)20-11-13(10-19)23(21,22)17-14(18)7-5-9-16(17)20/h3-9,11H,2H2,1H3. The molecule has 23 heavy (non-hydrogen) atoms. The third kappa shape index (κ3) is 2.30. The molecule has 0 spiro atoms. The molecule has 0 unspecified atom stereocenters. The Morgan fingerprint density at radius 2 is 1.83 bits per heavy atom. The lowest BCUT2D eigenvalue weighted by atomic mass is 10.1. The van der Waals surface area contributed by atoms with Crippen molar-refractivity contribution in [2.45, 2.75) is 18.2 Å². The molecule has 0 aliphatic carbocycles. The van der Waals surface area contributed by atoms with Gasteiger partial charge in [-0.1, -0.05) is 31.2 Å². The Labute approximate surface area is 134 Å². The average molecular weight is 328 g/mol. The molecule has 0 amide bonds. The maximum atomic E-state index is 14.2. The quantitative estimate of drug-likeness (QED) is 0.844. The van der Waals surface area contributed by atoms with Gasteiger partial charge in [0.25, 0.3) is 0 Å². The fraction of sp³-hybridized carbons (Fsp3) is 0.118. The average Bonchev–Trinajstić information content (AvgIpc) is 2.55. The van der Waals surface area contributed by atoms with Gasteiger partial charge < -0.3 is 4.90 Å². The van der Waals surface area contributed by atoms with Crippen molar-refractivity contribution >= 4 is 21.2 Å². The van der Waals surface area contributed by atoms with Gasteiger partial charge in [-0.25, -0.2) is 12.8 Å². The topological polar surface area (TPSA) is 61.2 Å². The number of anilines is 2. The summed E-state index contributed by atoms with van der Waals surface area (Å²) in [7, 11) is -4.14. The zero-order valence-corrected chi connectivity index (χ0v) is 13.1. The molecule has 2 aromatic rings. The van der Waals surface area contributed by atoms with Crippen LogP contribution in [0.15, 0.2) is 58.5 Å². The van der Waals surface area contributed by atoms with Crippen LogP contribution in [-0.2, 0) is 16.3 Å². The smallest absolute Gasteiger partial charge is 0.223 e. The number of hydrogen-bond donors (Lipinski definition) is 0. The van der Waals surface area contributed by atoms with Crippen LogP contribution in [0.3, 0.4) is 0 Å². The number of aryl methyl sites for hydroxylation is 1. The highest BCUT2D eigenvalue weighted by atomic mass is 32.2. The van der Waals surface area contributed by atoms with Gasteiger partial charge in [0.05, 0.1) is 5.69 Å². The highest BCUT2D eigenvalue weighted by Gasteiger charge is 2.35. The van der Waals surface area contributed by atoms with Gasteiger partial charge in [0.1, 0.15) is 16.8 Å². The Morgan fingerprint density at radius 3 is 2.52 bits per heavy atom. The molecule has 1 aliphatic rings. The van der Waals surface area contributed by atoms with Crippen LogP contribution in [0.1, 0.15) is 12.5 Å². The van der Waals surface area contributed by atoms with Gasteiger partial charge in [0, 0.05) is 11.9 Å². The van der Waals surface area contributed by atoms with Crippen LogP contribution in [0.25, 0.3) is 0 Å². The Balaban J connectivity index is 2.36. The summed E-state index contributed by atoms with van der Waals surface area (Å²) in [5.41, 5.74) is 1.91. The first-order chi connectivity index (χ1) is 11.0. The van der Waals surface area contributed by atoms with E-state index in [-0.39, 0.29) is 5.69 Å². The predicted molar refractivity (Wildman–Crippen MR) is 85.2 cm³/mol. The van der Waals surface area contributed by atoms with Gasteiger partial charge in [-0.2, -0.15) is 5.26 Å². The first-order valence-electron chi connectivity index (χ1n) is 7.03. The van der Waals surface area contributed by atoms with E-state index in [0.29, 0.717) is 0 Å². The number of hydrogen-bond acceptors (Lipinski definition) is 4. The van der Waals surface area contributed by atoms with Crippen LogP contribution in [0.4, 0.5) is 15.8 Å². The maximum absolute atomic E-state index is 14.2. The molecule has 116 valence electrons. The number of nitriles is 1. The summed E-state index contributed by atoms with van der Waals surface area (Å²) in [6.07, 6.45) is 1.98. The Hall–Kier alpha value is -2.65. The second-order valence-electron chi connectivity index (χ2n) is 5.05. The van der Waals surface area contributed by atoms with Crippen molar-refractivity contribution in [2.75, 3.05) is 4.90 Å². The van der Waals surface area contributed by atoms with Gasteiger partial charge in [-0.3, -0.25) is 0 Å². The van der Waals surface area contributed by atoms with E-state index < -0.39 is 25.5 Å². The highest BCUT2D eigenvalue weighted by Crippen LogP contribution is 2.41. The van der Waals surface area contributed by atoms with Crippen molar-refractivity contribution in [3.63, 3.8) is 0 Å². The Kier molecular flexibility index (Phi) is 3.66. The van der Waals surface area contributed by atoms with E-state index in [1.807, 2.05) is 31.2 Å². The zero-order chi connectivity index (χ0) is 16.6. The second kappa shape index (κ2) is 5.52. The van der Waals surface area contributed by atoms with Crippen molar-refractivity contribution in [3.8, 4) is 6.07 Å². The van der Waals surface area contributed by atoms with Crippen LogP contribution in [0.2, 0.25) is 0 Å². The van der Waals surface area contributed by atoms with Crippen molar-refractivity contribution in [3.05, 3.63) is 65.0 Å². The lowest BCUT2D eigenvalue weighted by molar-refractivity contribution is 0.570. The van der Waals surface area contributed by atoms with Crippen molar-refractivity contribution in [2.24, 2.45) is 0 Å². The summed E-state index contributed by atoms with van der Waals surface area (Å²) in [5, 5.41) is 9.19. The first kappa shape index (κ1) is 15.3. The Bertz CT molecular complexity index is 959. The van der Waals surface area contributed by atoms with E-state index in [9.17, 15) is 18.1 Å². The zero-order valence-electron chi connectivity index (χ0n) is 12.3. The van der Waals surface area contributed by atoms with Crippen molar-refractivity contribution in [1.82, 2.24) is 0 Å². The Morgan fingerprint density at radius 1 is 1.13 bits per heavy atom. The van der Waals surface area contributed by atoms with Crippen LogP contribution in [0.5, 0.6) is 0 Å². The van der Waals surface area contributed by atoms with E-state index in [1.54, 1.807) is 11.0 Å². The molecule has 2 aromatic carbocycles. The predicted octanol–water partition coefficient (Wildman–Crippen LogP) is 3.68. The summed E-state index contributed by atoms with van der Waals surface area (Å²) in [4.78, 5) is 0.641. The molecule has 0 saturated carbocycles. The third-order valence-corrected chi connectivity index (χ3v) is 5.47. The lowest BCUT2D eigenvalue weighted by Gasteiger charge is -2.29. The third-order valence-electron chi connectivity index (χ3n) is 3.75. The van der Waals surface area contributed by atoms with Crippen LogP contribution < -0.4 is 4.90 Å². The number of fused-ring (bicyclic) bond motifs is 1. The molecule has 0 N–H and O–H groups in total. The molecular weight excluding hydrogens is 315 g/mol. The SMILES string of the molecule is CCc1ccccc1N1C=C(C#N)S(=O)(=O)c2c(F)cccc21. The largest absolute Gasteiger partial charge is 0.313 e. The minimum absolute atomic E-state index is 0.213. The summed E-state index contributed by atoms with van der Waals surface area (Å²) in [6, 6.07) is 13.2. The van der Waals surface area contributed by atoms with Gasteiger partial charge in [0.2, 0.25) is 9.84 Å². The molecule has 0 aromatic heterocycles. The number of halogens is 1. The highest BCUT2D eigenvalue weighted by molar-refractivity contribution is 7.95. The van der Waals surface area contributed by atoms with Crippen LogP contribution in [-0.4, -0.2) is 8.42 Å². The molecule has 1 aliphatic heterocycles. The van der Waals surface area contributed by atoms with Gasteiger partial charge >= 0.3 is 0 Å². The number of nitrogens with zero attached hydrogens (tertiary/aromatic N) is 2. The lowest BCUT2D eigenvalue weighted by Crippen LogP contribution is -2.23. The summed E-state index contributed by atoms with van der Waals surface area (Å²) in [6.45, 7) is 1.97. The number of sulfone groups is 1. The van der Waals surface area contributed by atoms with E-state index >= 15 is 0 Å². The molecule has 0 radical (unpaired) electrons. The van der Waals surface area contributed by atoms with Crippen molar-refractivity contribution < 1.29 is 12.8 Å². The summed E-state index contributed by atoms with van der Waals surface area (Å²) < 4.78 is 39.1. The minimum Gasteiger partial charge on any atom is -0.313 e. The van der Waals surface area contributed by atoms with Crippen molar-refractivity contribution in [1.29, 1.82) is 5.26 Å². The monoisotopic (exact) mass is 328 g/mol. The van der Waals surface area contributed by atoms with E-state index in [4.69, 9.17) is 0 Å². The minimum atomic E-state index is -4.14. The number of benzene rings is 2. The van der Waals surface area contributed by atoms with Gasteiger partial charge in [-0.05, 0) is 30.2 Å². The van der Waals surface area contributed by atoms with Gasteiger partial charge in [-0.15, -0.1) is 0 Å². The molecule has 0 atom stereocenters. The van der Waals surface area contributed by atoms with Crippen LogP contribution >= 0.6 is 0 Å². The molecule has 3 rings (SSSR count). The number of rotatable bonds is 2. The van der Waals surface area contributed by atoms with E-state index in [2.05, 4.69) is 0 Å². The fourth-order valence-electron chi connectivity index (χ4n) is 2.65. The summed E-state index contributed by atoms with van der Waals surface area (Å²) >= 11 is 0. The fourth-order valence-corrected chi connectivity index (χ4v) is 4.00. The van der Waals surface area contributed by atoms with E-state index in [1.165, 1.54) is 18.3 Å². The van der Waals surface area contributed by atoms with Crippen LogP contribution in [0, 0.1) is 17.1 Å². The number of allylic oxidation sites excluding steroid dienone is 1. The number of para-hydroxylation sites is 1. The molecule has 6 heteroatoms. The maximum Gasteiger partial charge on any atom is 0.223 e. The molecule has 0 saturated heterocycles. The summed E-state index contributed by atoms with van der Waals surface area (Å²) in [5.74, 6) is -0.859. The normalized spacial score (nSPS) is 15.5.